The molecular weight excluding hydrogens is 206 g/mol. The quantitative estimate of drug-likeness (QED) is 0.655. The highest BCUT2D eigenvalue weighted by Crippen LogP contribution is 1.99. The Morgan fingerprint density at radius 3 is 2.93 bits per heavy atom. The predicted octanol–water partition coefficient (Wildman–Crippen LogP) is 2.01. The Balaban J connectivity index is 1.81. The Hall–Kier alpha value is -0.480. The van der Waals surface area contributed by atoms with Crippen molar-refractivity contribution >= 4 is 11.8 Å². The van der Waals surface area contributed by atoms with E-state index in [0.29, 0.717) is 0 Å². The van der Waals surface area contributed by atoms with Gasteiger partial charge in [-0.15, -0.1) is 0 Å². The average molecular weight is 227 g/mol. The van der Waals surface area contributed by atoms with Gasteiger partial charge in [-0.2, -0.15) is 16.9 Å². The van der Waals surface area contributed by atoms with Gasteiger partial charge in [-0.1, -0.05) is 6.92 Å². The first kappa shape index (κ1) is 12.6. The molecule has 0 radical (unpaired) electrons. The van der Waals surface area contributed by atoms with E-state index in [1.165, 1.54) is 17.9 Å². The van der Waals surface area contributed by atoms with Crippen molar-refractivity contribution < 1.29 is 0 Å². The van der Waals surface area contributed by atoms with Gasteiger partial charge in [-0.05, 0) is 43.5 Å². The van der Waals surface area contributed by atoms with Crippen LogP contribution in [0.3, 0.4) is 0 Å². The standard InChI is InChI=1S/C11H21N3S/c1-2-15-11-5-7-12-6-3-9-14-10-4-8-13-14/h4,8,10,12H,2-3,5-7,9,11H2,1H3. The zero-order valence-electron chi connectivity index (χ0n) is 9.48. The second kappa shape index (κ2) is 8.80. The molecule has 0 amide bonds. The van der Waals surface area contributed by atoms with Crippen molar-refractivity contribution in [3.63, 3.8) is 0 Å². The van der Waals surface area contributed by atoms with Crippen LogP contribution < -0.4 is 5.32 Å². The summed E-state index contributed by atoms with van der Waals surface area (Å²) in [6.07, 6.45) is 6.27. The fourth-order valence-corrected chi connectivity index (χ4v) is 2.00. The summed E-state index contributed by atoms with van der Waals surface area (Å²) in [4.78, 5) is 0. The van der Waals surface area contributed by atoms with Crippen LogP contribution in [0.25, 0.3) is 0 Å². The van der Waals surface area contributed by atoms with Gasteiger partial charge in [0.15, 0.2) is 0 Å². The first-order valence-electron chi connectivity index (χ1n) is 5.69. The maximum atomic E-state index is 4.16. The predicted molar refractivity (Wildman–Crippen MR) is 67.3 cm³/mol. The number of aromatic nitrogens is 2. The van der Waals surface area contributed by atoms with Crippen molar-refractivity contribution in [1.29, 1.82) is 0 Å². The topological polar surface area (TPSA) is 29.9 Å². The molecule has 0 atom stereocenters. The molecule has 1 N–H and O–H groups in total. The van der Waals surface area contributed by atoms with Gasteiger partial charge in [0, 0.05) is 18.9 Å². The summed E-state index contributed by atoms with van der Waals surface area (Å²) in [5.41, 5.74) is 0. The third-order valence-electron chi connectivity index (χ3n) is 2.15. The van der Waals surface area contributed by atoms with E-state index in [-0.39, 0.29) is 0 Å². The highest BCUT2D eigenvalue weighted by Gasteiger charge is 1.91. The first-order chi connectivity index (χ1) is 7.43. The van der Waals surface area contributed by atoms with Crippen LogP contribution in [0.1, 0.15) is 19.8 Å². The van der Waals surface area contributed by atoms with Crippen molar-refractivity contribution in [3.05, 3.63) is 18.5 Å². The monoisotopic (exact) mass is 227 g/mol. The number of thioether (sulfide) groups is 1. The molecule has 0 aromatic carbocycles. The van der Waals surface area contributed by atoms with Gasteiger partial charge in [0.05, 0.1) is 0 Å². The van der Waals surface area contributed by atoms with E-state index in [2.05, 4.69) is 17.3 Å². The molecule has 1 aromatic heterocycles. The van der Waals surface area contributed by atoms with Crippen molar-refractivity contribution in [3.8, 4) is 0 Å². The number of nitrogens with zero attached hydrogens (tertiary/aromatic N) is 2. The number of hydrogen-bond acceptors (Lipinski definition) is 3. The third kappa shape index (κ3) is 6.57. The highest BCUT2D eigenvalue weighted by atomic mass is 32.2. The van der Waals surface area contributed by atoms with Crippen LogP contribution >= 0.6 is 11.8 Å². The van der Waals surface area contributed by atoms with Crippen LogP contribution in [-0.4, -0.2) is 34.4 Å². The largest absolute Gasteiger partial charge is 0.317 e. The number of rotatable bonds is 9. The van der Waals surface area contributed by atoms with Gasteiger partial charge >= 0.3 is 0 Å². The molecule has 1 rings (SSSR count). The SMILES string of the molecule is CCSCCCNCCCn1cccn1. The summed E-state index contributed by atoms with van der Waals surface area (Å²) >= 11 is 2.02. The molecule has 0 aliphatic carbocycles. The van der Waals surface area contributed by atoms with Gasteiger partial charge in [-0.3, -0.25) is 4.68 Å². The summed E-state index contributed by atoms with van der Waals surface area (Å²) in [5.74, 6) is 2.52. The second-order valence-electron chi connectivity index (χ2n) is 3.42. The zero-order valence-corrected chi connectivity index (χ0v) is 10.3. The Morgan fingerprint density at radius 1 is 1.33 bits per heavy atom. The molecular formula is C11H21N3S. The van der Waals surface area contributed by atoms with Gasteiger partial charge < -0.3 is 5.32 Å². The highest BCUT2D eigenvalue weighted by molar-refractivity contribution is 7.99. The van der Waals surface area contributed by atoms with Gasteiger partial charge in [0.25, 0.3) is 0 Å². The molecule has 1 heterocycles. The maximum Gasteiger partial charge on any atom is 0.0489 e. The lowest BCUT2D eigenvalue weighted by atomic mass is 10.4. The Morgan fingerprint density at radius 2 is 2.20 bits per heavy atom. The van der Waals surface area contributed by atoms with E-state index >= 15 is 0 Å². The maximum absolute atomic E-state index is 4.16. The van der Waals surface area contributed by atoms with Gasteiger partial charge in [0.2, 0.25) is 0 Å². The summed E-state index contributed by atoms with van der Waals surface area (Å²) in [5, 5.41) is 7.61. The van der Waals surface area contributed by atoms with Gasteiger partial charge in [0.1, 0.15) is 0 Å². The third-order valence-corrected chi connectivity index (χ3v) is 3.13. The van der Waals surface area contributed by atoms with Crippen LogP contribution in [0.15, 0.2) is 18.5 Å². The minimum absolute atomic E-state index is 1.02. The van der Waals surface area contributed by atoms with Gasteiger partial charge in [-0.25, -0.2) is 0 Å². The van der Waals surface area contributed by atoms with Crippen LogP contribution in [0.5, 0.6) is 0 Å². The summed E-state index contributed by atoms with van der Waals surface area (Å²) in [6.45, 7) is 5.47. The summed E-state index contributed by atoms with van der Waals surface area (Å²) < 4.78 is 1.98. The van der Waals surface area contributed by atoms with Crippen molar-refractivity contribution in [2.24, 2.45) is 0 Å². The molecule has 0 aliphatic rings. The lowest BCUT2D eigenvalue weighted by Gasteiger charge is -2.04. The zero-order chi connectivity index (χ0) is 10.8. The molecule has 4 heteroatoms. The number of aryl methyl sites for hydroxylation is 1. The van der Waals surface area contributed by atoms with Crippen molar-refractivity contribution in [1.82, 2.24) is 15.1 Å². The molecule has 86 valence electrons. The smallest absolute Gasteiger partial charge is 0.0489 e. The molecule has 0 saturated heterocycles. The van der Waals surface area contributed by atoms with E-state index in [1.807, 2.05) is 34.9 Å². The van der Waals surface area contributed by atoms with Crippen LogP contribution in [-0.2, 0) is 6.54 Å². The molecule has 0 unspecified atom stereocenters. The molecule has 0 aliphatic heterocycles. The van der Waals surface area contributed by atoms with Crippen LogP contribution in [0.2, 0.25) is 0 Å². The molecule has 0 spiro atoms. The molecule has 15 heavy (non-hydrogen) atoms. The van der Waals surface area contributed by atoms with E-state index in [0.717, 1.165) is 26.1 Å². The molecule has 3 nitrogen and oxygen atoms in total. The number of hydrogen-bond donors (Lipinski definition) is 1. The van der Waals surface area contributed by atoms with E-state index in [4.69, 9.17) is 0 Å². The Bertz CT molecular complexity index is 224. The minimum atomic E-state index is 1.02. The van der Waals surface area contributed by atoms with Crippen LogP contribution in [0.4, 0.5) is 0 Å². The Labute approximate surface area is 96.6 Å². The van der Waals surface area contributed by atoms with E-state index in [9.17, 15) is 0 Å². The van der Waals surface area contributed by atoms with Crippen molar-refractivity contribution in [2.45, 2.75) is 26.3 Å². The molecule has 0 bridgehead atoms. The average Bonchev–Trinajstić information content (AvgIpc) is 2.75. The number of nitrogens with one attached hydrogen (secondary N) is 1. The molecule has 0 fully saturated rings. The summed E-state index contributed by atoms with van der Waals surface area (Å²) in [7, 11) is 0. The normalized spacial score (nSPS) is 10.7. The van der Waals surface area contributed by atoms with E-state index in [1.54, 1.807) is 0 Å². The van der Waals surface area contributed by atoms with E-state index < -0.39 is 0 Å². The van der Waals surface area contributed by atoms with Crippen molar-refractivity contribution in [2.75, 3.05) is 24.6 Å². The minimum Gasteiger partial charge on any atom is -0.317 e. The Kier molecular flexibility index (Phi) is 7.38. The van der Waals surface area contributed by atoms with Crippen LogP contribution in [0, 0.1) is 0 Å². The molecule has 1 aromatic rings. The lowest BCUT2D eigenvalue weighted by Crippen LogP contribution is -2.18. The second-order valence-corrected chi connectivity index (χ2v) is 4.82. The molecule has 0 saturated carbocycles. The summed E-state index contributed by atoms with van der Waals surface area (Å²) in [6, 6.07) is 1.97. The fraction of sp³-hybridized carbons (Fsp3) is 0.727. The lowest BCUT2D eigenvalue weighted by molar-refractivity contribution is 0.543. The first-order valence-corrected chi connectivity index (χ1v) is 6.85. The fourth-order valence-electron chi connectivity index (χ4n) is 1.37.